The van der Waals surface area contributed by atoms with E-state index in [-0.39, 0.29) is 41.1 Å². The van der Waals surface area contributed by atoms with Crippen molar-refractivity contribution in [1.82, 2.24) is 15.5 Å². The molecule has 2 aliphatic rings. The number of benzene rings is 1. The van der Waals surface area contributed by atoms with E-state index in [9.17, 15) is 14.7 Å². The van der Waals surface area contributed by atoms with Crippen LogP contribution < -0.4 is 10.6 Å². The number of carbonyl (C=O) groups excluding carboxylic acids is 2. The minimum atomic E-state index is -0.625. The molecular weight excluding hydrogens is 330 g/mol. The maximum absolute atomic E-state index is 13.4. The van der Waals surface area contributed by atoms with Gasteiger partial charge < -0.3 is 20.6 Å². The van der Waals surface area contributed by atoms with Gasteiger partial charge in [-0.15, -0.1) is 0 Å². The molecule has 0 bridgehead atoms. The lowest BCUT2D eigenvalue weighted by molar-refractivity contribution is -0.139. The van der Waals surface area contributed by atoms with Crippen LogP contribution in [0.4, 0.5) is 0 Å². The third-order valence-corrected chi connectivity index (χ3v) is 6.21. The summed E-state index contributed by atoms with van der Waals surface area (Å²) in [7, 11) is 1.72. The highest BCUT2D eigenvalue weighted by Gasteiger charge is 2.50. The van der Waals surface area contributed by atoms with E-state index in [2.05, 4.69) is 31.4 Å². The van der Waals surface area contributed by atoms with E-state index >= 15 is 0 Å². The van der Waals surface area contributed by atoms with Gasteiger partial charge in [0.05, 0.1) is 12.1 Å². The summed E-state index contributed by atoms with van der Waals surface area (Å²) in [6.07, 6.45) is 1.26. The molecule has 0 saturated carbocycles. The fourth-order valence-corrected chi connectivity index (χ4v) is 4.14. The maximum Gasteiger partial charge on any atom is 0.246 e. The average Bonchev–Trinajstić information content (AvgIpc) is 2.76. The van der Waals surface area contributed by atoms with Gasteiger partial charge in [-0.1, -0.05) is 19.9 Å². The zero-order valence-corrected chi connectivity index (χ0v) is 16.2. The van der Waals surface area contributed by atoms with Crippen molar-refractivity contribution in [2.75, 3.05) is 7.05 Å². The number of nitrogens with one attached hydrogen (secondary N) is 2. The fourth-order valence-electron chi connectivity index (χ4n) is 4.14. The molecule has 4 atom stereocenters. The number of phenols is 1. The van der Waals surface area contributed by atoms with Gasteiger partial charge in [-0.3, -0.25) is 9.59 Å². The van der Waals surface area contributed by atoms with Crippen LogP contribution in [0.2, 0.25) is 0 Å². The topological polar surface area (TPSA) is 81.7 Å². The number of aromatic hydroxyl groups is 1. The van der Waals surface area contributed by atoms with Crippen molar-refractivity contribution in [3.63, 3.8) is 0 Å². The third kappa shape index (κ3) is 3.07. The van der Waals surface area contributed by atoms with Crippen LogP contribution in [-0.4, -0.2) is 47.0 Å². The molecule has 0 aliphatic carbocycles. The SMILES string of the molecule is CN[C@@H](C)C(=O)N[C@H]1Cc2cc(O)ccc2[C@H]2CC(C)(C)C(C)N2C1=O. The smallest absolute Gasteiger partial charge is 0.246 e. The number of hydrogen-bond acceptors (Lipinski definition) is 4. The molecule has 26 heavy (non-hydrogen) atoms. The molecule has 142 valence electrons. The van der Waals surface area contributed by atoms with Gasteiger partial charge in [0.25, 0.3) is 0 Å². The molecular formula is C20H29N3O3. The highest BCUT2D eigenvalue weighted by molar-refractivity contribution is 5.91. The molecule has 1 fully saturated rings. The van der Waals surface area contributed by atoms with Gasteiger partial charge in [-0.2, -0.15) is 0 Å². The van der Waals surface area contributed by atoms with Crippen molar-refractivity contribution in [3.05, 3.63) is 29.3 Å². The lowest BCUT2D eigenvalue weighted by atomic mass is 9.82. The van der Waals surface area contributed by atoms with Crippen LogP contribution in [-0.2, 0) is 16.0 Å². The first kappa shape index (κ1) is 18.7. The summed E-state index contributed by atoms with van der Waals surface area (Å²) in [5, 5.41) is 15.7. The Kier molecular flexibility index (Phi) is 4.73. The molecule has 0 spiro atoms. The van der Waals surface area contributed by atoms with Crippen LogP contribution in [0.3, 0.4) is 0 Å². The molecule has 0 radical (unpaired) electrons. The Morgan fingerprint density at radius 1 is 1.38 bits per heavy atom. The van der Waals surface area contributed by atoms with E-state index in [1.54, 1.807) is 26.1 Å². The van der Waals surface area contributed by atoms with Crippen molar-refractivity contribution in [2.45, 2.75) is 64.7 Å². The van der Waals surface area contributed by atoms with Crippen LogP contribution in [0.15, 0.2) is 18.2 Å². The van der Waals surface area contributed by atoms with E-state index in [0.29, 0.717) is 6.42 Å². The van der Waals surface area contributed by atoms with Crippen LogP contribution in [0, 0.1) is 5.41 Å². The lowest BCUT2D eigenvalue weighted by Crippen LogP contribution is -2.54. The van der Waals surface area contributed by atoms with E-state index in [0.717, 1.165) is 17.5 Å². The predicted molar refractivity (Wildman–Crippen MR) is 99.7 cm³/mol. The van der Waals surface area contributed by atoms with Crippen molar-refractivity contribution >= 4 is 11.8 Å². The molecule has 2 heterocycles. The van der Waals surface area contributed by atoms with Crippen molar-refractivity contribution in [1.29, 1.82) is 0 Å². The zero-order valence-electron chi connectivity index (χ0n) is 16.2. The molecule has 1 unspecified atom stereocenters. The summed E-state index contributed by atoms with van der Waals surface area (Å²) < 4.78 is 0. The third-order valence-electron chi connectivity index (χ3n) is 6.21. The van der Waals surface area contributed by atoms with E-state index in [1.165, 1.54) is 0 Å². The van der Waals surface area contributed by atoms with Gasteiger partial charge in [0.2, 0.25) is 11.8 Å². The highest BCUT2D eigenvalue weighted by atomic mass is 16.3. The average molecular weight is 359 g/mol. The number of fused-ring (bicyclic) bond motifs is 3. The number of nitrogens with zero attached hydrogens (tertiary/aromatic N) is 1. The van der Waals surface area contributed by atoms with Gasteiger partial charge in [-0.05, 0) is 56.0 Å². The number of hydrogen-bond donors (Lipinski definition) is 3. The van der Waals surface area contributed by atoms with Crippen LogP contribution in [0.25, 0.3) is 0 Å². The largest absolute Gasteiger partial charge is 0.508 e. The summed E-state index contributed by atoms with van der Waals surface area (Å²) in [5.41, 5.74) is 1.99. The first-order chi connectivity index (χ1) is 12.2. The monoisotopic (exact) mass is 359 g/mol. The van der Waals surface area contributed by atoms with Gasteiger partial charge in [0.1, 0.15) is 11.8 Å². The fraction of sp³-hybridized carbons (Fsp3) is 0.600. The zero-order chi connectivity index (χ0) is 19.2. The quantitative estimate of drug-likeness (QED) is 0.768. The predicted octanol–water partition coefficient (Wildman–Crippen LogP) is 1.73. The van der Waals surface area contributed by atoms with Gasteiger partial charge in [0.15, 0.2) is 0 Å². The lowest BCUT2D eigenvalue weighted by Gasteiger charge is -2.33. The second-order valence-corrected chi connectivity index (χ2v) is 8.29. The molecule has 1 aromatic rings. The number of rotatable bonds is 3. The summed E-state index contributed by atoms with van der Waals surface area (Å²) in [6.45, 7) is 8.20. The standard InChI is InChI=1S/C20H29N3O3/c1-11(21-5)18(25)22-16-9-13-8-14(24)6-7-15(13)17-10-20(3,4)12(2)23(17)19(16)26/h6-8,11-12,16-17,21,24H,9-10H2,1-5H3,(H,22,25)/t11-,12?,16-,17+/m0/s1. The summed E-state index contributed by atoms with van der Waals surface area (Å²) in [5.74, 6) is -0.0545. The normalized spacial score (nSPS) is 28.1. The van der Waals surface area contributed by atoms with Crippen LogP contribution >= 0.6 is 0 Å². The Hall–Kier alpha value is -2.08. The van der Waals surface area contributed by atoms with Crippen LogP contribution in [0.1, 0.15) is 51.3 Å². The minimum absolute atomic E-state index is 0.0142. The van der Waals surface area contributed by atoms with Crippen molar-refractivity contribution < 1.29 is 14.7 Å². The second kappa shape index (κ2) is 6.58. The molecule has 3 N–H and O–H groups in total. The molecule has 1 saturated heterocycles. The maximum atomic E-state index is 13.4. The Balaban J connectivity index is 2.02. The number of carbonyl (C=O) groups is 2. The number of likely N-dealkylation sites (N-methyl/N-ethyl adjacent to an activating group) is 1. The molecule has 6 heteroatoms. The van der Waals surface area contributed by atoms with Crippen molar-refractivity contribution in [3.8, 4) is 5.75 Å². The Morgan fingerprint density at radius 3 is 2.73 bits per heavy atom. The first-order valence-corrected chi connectivity index (χ1v) is 9.27. The molecule has 0 aromatic heterocycles. The number of amides is 2. The van der Waals surface area contributed by atoms with E-state index < -0.39 is 6.04 Å². The van der Waals surface area contributed by atoms with E-state index in [4.69, 9.17) is 0 Å². The Labute approximate surface area is 155 Å². The molecule has 6 nitrogen and oxygen atoms in total. The van der Waals surface area contributed by atoms with Crippen molar-refractivity contribution in [2.24, 2.45) is 5.41 Å². The molecule has 3 rings (SSSR count). The van der Waals surface area contributed by atoms with Gasteiger partial charge in [-0.25, -0.2) is 0 Å². The molecule has 2 amide bonds. The summed E-state index contributed by atoms with van der Waals surface area (Å²) in [4.78, 5) is 27.7. The Bertz CT molecular complexity index is 731. The minimum Gasteiger partial charge on any atom is -0.508 e. The summed E-state index contributed by atoms with van der Waals surface area (Å²) in [6, 6.07) is 4.37. The van der Waals surface area contributed by atoms with Crippen LogP contribution in [0.5, 0.6) is 5.75 Å². The number of phenolic OH excluding ortho intramolecular Hbond substituents is 1. The molecule has 2 aliphatic heterocycles. The van der Waals surface area contributed by atoms with E-state index in [1.807, 2.05) is 11.0 Å². The highest BCUT2D eigenvalue weighted by Crippen LogP contribution is 2.49. The second-order valence-electron chi connectivity index (χ2n) is 8.29. The van der Waals surface area contributed by atoms with Gasteiger partial charge in [0, 0.05) is 12.5 Å². The molecule has 1 aromatic carbocycles. The first-order valence-electron chi connectivity index (χ1n) is 9.27. The Morgan fingerprint density at radius 2 is 2.08 bits per heavy atom. The summed E-state index contributed by atoms with van der Waals surface area (Å²) >= 11 is 0. The van der Waals surface area contributed by atoms with Gasteiger partial charge >= 0.3 is 0 Å².